The van der Waals surface area contributed by atoms with Crippen LogP contribution in [0.2, 0.25) is 5.02 Å². The van der Waals surface area contributed by atoms with E-state index in [9.17, 15) is 8.78 Å². The quantitative estimate of drug-likeness (QED) is 0.702. The highest BCUT2D eigenvalue weighted by Gasteiger charge is 2.08. The first-order chi connectivity index (χ1) is 10.0. The lowest BCUT2D eigenvalue weighted by molar-refractivity contribution is 0.628. The van der Waals surface area contributed by atoms with Gasteiger partial charge in [0.1, 0.15) is 17.5 Å². The fourth-order valence-electron chi connectivity index (χ4n) is 2.18. The number of aryl methyl sites for hydroxylation is 1. The molecule has 1 aromatic heterocycles. The number of hydrogen-bond donors (Lipinski definition) is 1. The zero-order valence-corrected chi connectivity index (χ0v) is 11.9. The molecule has 0 radical (unpaired) electrons. The molecule has 0 bridgehead atoms. The van der Waals surface area contributed by atoms with Gasteiger partial charge < -0.3 is 5.32 Å². The third kappa shape index (κ3) is 2.67. The minimum atomic E-state index is -0.491. The van der Waals surface area contributed by atoms with Gasteiger partial charge in [0.25, 0.3) is 0 Å². The van der Waals surface area contributed by atoms with E-state index in [-0.39, 0.29) is 10.8 Å². The third-order valence-corrected chi connectivity index (χ3v) is 3.45. The Hall–Kier alpha value is -2.20. The van der Waals surface area contributed by atoms with Gasteiger partial charge in [-0.1, -0.05) is 11.6 Å². The van der Waals surface area contributed by atoms with E-state index >= 15 is 0 Å². The molecule has 21 heavy (non-hydrogen) atoms. The fraction of sp³-hybridized carbons (Fsp3) is 0.0625. The second-order valence-corrected chi connectivity index (χ2v) is 5.16. The van der Waals surface area contributed by atoms with Crippen LogP contribution in [0.15, 0.2) is 42.6 Å². The summed E-state index contributed by atoms with van der Waals surface area (Å²) in [5.74, 6) is -0.291. The van der Waals surface area contributed by atoms with Crippen molar-refractivity contribution in [2.24, 2.45) is 0 Å². The standard InChI is InChI=1S/C16H11ClF2N2/c1-9-6-12-11(15(19)7-9)4-5-20-16(12)21-10-2-3-14(18)13(17)8-10/h2-8H,1H3,(H,20,21). The average Bonchev–Trinajstić information content (AvgIpc) is 2.44. The lowest BCUT2D eigenvalue weighted by Crippen LogP contribution is -1.96. The van der Waals surface area contributed by atoms with Crippen molar-refractivity contribution in [2.75, 3.05) is 5.32 Å². The Morgan fingerprint density at radius 2 is 1.81 bits per heavy atom. The molecular formula is C16H11ClF2N2. The number of hydrogen-bond acceptors (Lipinski definition) is 2. The topological polar surface area (TPSA) is 24.9 Å². The van der Waals surface area contributed by atoms with Crippen LogP contribution in [0, 0.1) is 18.6 Å². The van der Waals surface area contributed by atoms with Crippen LogP contribution in [0.25, 0.3) is 10.8 Å². The number of nitrogens with one attached hydrogen (secondary N) is 1. The Morgan fingerprint density at radius 1 is 1.00 bits per heavy atom. The summed E-state index contributed by atoms with van der Waals surface area (Å²) in [6, 6.07) is 9.21. The van der Waals surface area contributed by atoms with Crippen molar-refractivity contribution in [1.82, 2.24) is 4.98 Å². The minimum absolute atomic E-state index is 0.0163. The maximum atomic E-state index is 14.0. The van der Waals surface area contributed by atoms with Crippen LogP contribution in [-0.2, 0) is 0 Å². The first-order valence-corrected chi connectivity index (χ1v) is 6.69. The normalized spacial score (nSPS) is 10.9. The van der Waals surface area contributed by atoms with Crippen molar-refractivity contribution in [3.05, 3.63) is 64.8 Å². The number of anilines is 2. The largest absolute Gasteiger partial charge is 0.340 e. The molecule has 0 saturated heterocycles. The van der Waals surface area contributed by atoms with Crippen LogP contribution in [0.1, 0.15) is 5.56 Å². The number of fused-ring (bicyclic) bond motifs is 1. The second-order valence-electron chi connectivity index (χ2n) is 4.76. The summed E-state index contributed by atoms with van der Waals surface area (Å²) in [6.07, 6.45) is 1.52. The van der Waals surface area contributed by atoms with E-state index < -0.39 is 5.82 Å². The molecule has 3 aromatic rings. The van der Waals surface area contributed by atoms with E-state index in [1.165, 1.54) is 24.4 Å². The van der Waals surface area contributed by atoms with Crippen molar-refractivity contribution < 1.29 is 8.78 Å². The molecule has 1 N–H and O–H groups in total. The number of nitrogens with zero attached hydrogens (tertiary/aromatic N) is 1. The summed E-state index contributed by atoms with van der Waals surface area (Å²) >= 11 is 5.75. The Labute approximate surface area is 125 Å². The molecule has 0 spiro atoms. The van der Waals surface area contributed by atoms with Gasteiger partial charge in [-0.3, -0.25) is 0 Å². The number of rotatable bonds is 2. The molecule has 0 aliphatic rings. The van der Waals surface area contributed by atoms with Gasteiger partial charge in [-0.2, -0.15) is 0 Å². The SMILES string of the molecule is Cc1cc(F)c2ccnc(Nc3ccc(F)c(Cl)c3)c2c1. The van der Waals surface area contributed by atoms with Crippen LogP contribution in [0.4, 0.5) is 20.3 Å². The maximum absolute atomic E-state index is 14.0. The van der Waals surface area contributed by atoms with Crippen LogP contribution >= 0.6 is 11.6 Å². The zero-order valence-electron chi connectivity index (χ0n) is 11.1. The summed E-state index contributed by atoms with van der Waals surface area (Å²) in [5.41, 5.74) is 1.39. The monoisotopic (exact) mass is 304 g/mol. The molecular weight excluding hydrogens is 294 g/mol. The lowest BCUT2D eigenvalue weighted by Gasteiger charge is -2.10. The zero-order chi connectivity index (χ0) is 15.0. The smallest absolute Gasteiger partial charge is 0.141 e. The Kier molecular flexibility index (Phi) is 3.47. The molecule has 2 aromatic carbocycles. The van der Waals surface area contributed by atoms with Gasteiger partial charge in [-0.25, -0.2) is 13.8 Å². The first kappa shape index (κ1) is 13.8. The van der Waals surface area contributed by atoms with E-state index in [0.29, 0.717) is 22.3 Å². The van der Waals surface area contributed by atoms with E-state index in [1.54, 1.807) is 12.1 Å². The molecule has 3 rings (SSSR count). The highest BCUT2D eigenvalue weighted by atomic mass is 35.5. The Morgan fingerprint density at radius 3 is 2.57 bits per heavy atom. The molecule has 1 heterocycles. The molecule has 2 nitrogen and oxygen atoms in total. The molecule has 0 atom stereocenters. The molecule has 0 aliphatic carbocycles. The van der Waals surface area contributed by atoms with Gasteiger partial charge in [0.15, 0.2) is 0 Å². The Balaban J connectivity index is 2.10. The van der Waals surface area contributed by atoms with Gasteiger partial charge in [-0.05, 0) is 48.9 Å². The van der Waals surface area contributed by atoms with Crippen molar-refractivity contribution in [1.29, 1.82) is 0 Å². The van der Waals surface area contributed by atoms with Crippen LogP contribution in [0.3, 0.4) is 0 Å². The average molecular weight is 305 g/mol. The van der Waals surface area contributed by atoms with Gasteiger partial charge >= 0.3 is 0 Å². The highest BCUT2D eigenvalue weighted by Crippen LogP contribution is 2.28. The highest BCUT2D eigenvalue weighted by molar-refractivity contribution is 6.31. The Bertz CT molecular complexity index is 834. The number of halogens is 3. The van der Waals surface area contributed by atoms with E-state index in [2.05, 4.69) is 10.3 Å². The molecule has 5 heteroatoms. The van der Waals surface area contributed by atoms with Crippen molar-refractivity contribution in [2.45, 2.75) is 6.92 Å². The molecule has 0 aliphatic heterocycles. The van der Waals surface area contributed by atoms with Crippen molar-refractivity contribution >= 4 is 33.9 Å². The summed E-state index contributed by atoms with van der Waals surface area (Å²) in [7, 11) is 0. The van der Waals surface area contributed by atoms with Crippen LogP contribution in [0.5, 0.6) is 0 Å². The third-order valence-electron chi connectivity index (χ3n) is 3.16. The predicted molar refractivity (Wildman–Crippen MR) is 81.1 cm³/mol. The molecule has 0 amide bonds. The number of aromatic nitrogens is 1. The summed E-state index contributed by atoms with van der Waals surface area (Å²) in [6.45, 7) is 1.81. The molecule has 0 unspecified atom stereocenters. The van der Waals surface area contributed by atoms with Gasteiger partial charge in [0, 0.05) is 22.7 Å². The summed E-state index contributed by atoms with van der Waals surface area (Å²) < 4.78 is 27.1. The van der Waals surface area contributed by atoms with Gasteiger partial charge in [0.2, 0.25) is 0 Å². The predicted octanol–water partition coefficient (Wildman–Crippen LogP) is 5.22. The molecule has 0 saturated carbocycles. The number of pyridine rings is 1. The van der Waals surface area contributed by atoms with Crippen molar-refractivity contribution in [3.63, 3.8) is 0 Å². The van der Waals surface area contributed by atoms with E-state index in [0.717, 1.165) is 5.56 Å². The van der Waals surface area contributed by atoms with Crippen molar-refractivity contribution in [3.8, 4) is 0 Å². The van der Waals surface area contributed by atoms with Crippen LogP contribution in [-0.4, -0.2) is 4.98 Å². The lowest BCUT2D eigenvalue weighted by atomic mass is 10.1. The molecule has 106 valence electrons. The molecule has 0 fully saturated rings. The maximum Gasteiger partial charge on any atom is 0.141 e. The van der Waals surface area contributed by atoms with Gasteiger partial charge in [0.05, 0.1) is 5.02 Å². The van der Waals surface area contributed by atoms with E-state index in [1.807, 2.05) is 13.0 Å². The van der Waals surface area contributed by atoms with Gasteiger partial charge in [-0.15, -0.1) is 0 Å². The van der Waals surface area contributed by atoms with E-state index in [4.69, 9.17) is 11.6 Å². The summed E-state index contributed by atoms with van der Waals surface area (Å²) in [4.78, 5) is 4.22. The minimum Gasteiger partial charge on any atom is -0.340 e. The second kappa shape index (κ2) is 5.30. The van der Waals surface area contributed by atoms with Crippen LogP contribution < -0.4 is 5.32 Å². The fourth-order valence-corrected chi connectivity index (χ4v) is 2.37. The number of benzene rings is 2. The first-order valence-electron chi connectivity index (χ1n) is 6.31. The summed E-state index contributed by atoms with van der Waals surface area (Å²) in [5, 5.41) is 4.20.